The van der Waals surface area contributed by atoms with Crippen molar-refractivity contribution in [3.8, 4) is 0 Å². The molecule has 21 heavy (non-hydrogen) atoms. The lowest BCUT2D eigenvalue weighted by Crippen LogP contribution is -1.94. The van der Waals surface area contributed by atoms with Crippen LogP contribution < -0.4 is 5.76 Å². The third-order valence-electron chi connectivity index (χ3n) is 3.78. The summed E-state index contributed by atoms with van der Waals surface area (Å²) in [4.78, 5) is 13.9. The summed E-state index contributed by atoms with van der Waals surface area (Å²) in [7, 11) is 0. The van der Waals surface area contributed by atoms with Gasteiger partial charge in [0.15, 0.2) is 5.58 Å². The molecule has 0 amide bonds. The van der Waals surface area contributed by atoms with Gasteiger partial charge in [-0.25, -0.2) is 4.79 Å². The predicted octanol–water partition coefficient (Wildman–Crippen LogP) is 3.64. The van der Waals surface area contributed by atoms with Crippen molar-refractivity contribution in [1.82, 2.24) is 4.98 Å². The summed E-state index contributed by atoms with van der Waals surface area (Å²) >= 11 is 3.72. The molecule has 1 atom stereocenters. The molecule has 106 valence electrons. The molecule has 0 radical (unpaired) electrons. The zero-order valence-corrected chi connectivity index (χ0v) is 12.6. The molecule has 4 rings (SSSR count). The molecule has 1 N–H and O–H groups in total. The molecular weight excluding hydrogens is 334 g/mol. The topological polar surface area (TPSA) is 55.2 Å². The molecule has 5 heteroatoms. The first-order chi connectivity index (χ1) is 10.2. The maximum atomic E-state index is 11.2. The fraction of sp³-hybridized carbons (Fsp3) is 0.188. The van der Waals surface area contributed by atoms with Crippen molar-refractivity contribution < 1.29 is 9.15 Å². The Morgan fingerprint density at radius 2 is 1.81 bits per heavy atom. The maximum Gasteiger partial charge on any atom is 0.417 e. The van der Waals surface area contributed by atoms with E-state index in [2.05, 4.69) is 39.1 Å². The highest BCUT2D eigenvalue weighted by atomic mass is 79.9. The van der Waals surface area contributed by atoms with Crippen LogP contribution in [0.15, 0.2) is 45.6 Å². The zero-order valence-electron chi connectivity index (χ0n) is 11.1. The van der Waals surface area contributed by atoms with Gasteiger partial charge in [0, 0.05) is 0 Å². The Hall–Kier alpha value is -1.85. The lowest BCUT2D eigenvalue weighted by atomic mass is 10.0. The fourth-order valence-electron chi connectivity index (χ4n) is 2.66. The Morgan fingerprint density at radius 3 is 2.71 bits per heavy atom. The number of aromatic amines is 1. The summed E-state index contributed by atoms with van der Waals surface area (Å²) in [6.45, 7) is 1.37. The SMILES string of the molecule is O=c1[nH]c2ccc(C(Br)c3ccc4c(c3)COC4)cc2o1. The van der Waals surface area contributed by atoms with Crippen molar-refractivity contribution in [3.05, 3.63) is 69.2 Å². The van der Waals surface area contributed by atoms with Crippen molar-refractivity contribution in [2.45, 2.75) is 18.0 Å². The highest BCUT2D eigenvalue weighted by Gasteiger charge is 2.16. The van der Waals surface area contributed by atoms with Crippen molar-refractivity contribution in [1.29, 1.82) is 0 Å². The second kappa shape index (κ2) is 4.86. The van der Waals surface area contributed by atoms with E-state index in [0.717, 1.165) is 11.1 Å². The number of ether oxygens (including phenoxy) is 1. The summed E-state index contributed by atoms with van der Waals surface area (Å²) in [5.41, 5.74) is 5.99. The third kappa shape index (κ3) is 2.22. The van der Waals surface area contributed by atoms with Crippen LogP contribution in [0.25, 0.3) is 11.1 Å². The fourth-order valence-corrected chi connectivity index (χ4v) is 3.23. The van der Waals surface area contributed by atoms with E-state index in [1.807, 2.05) is 18.2 Å². The van der Waals surface area contributed by atoms with Gasteiger partial charge in [-0.2, -0.15) is 0 Å². The molecule has 1 aliphatic heterocycles. The minimum atomic E-state index is -0.428. The van der Waals surface area contributed by atoms with Gasteiger partial charge >= 0.3 is 5.76 Å². The number of oxazole rings is 1. The van der Waals surface area contributed by atoms with E-state index in [1.165, 1.54) is 11.1 Å². The number of hydrogen-bond donors (Lipinski definition) is 1. The van der Waals surface area contributed by atoms with Gasteiger partial charge in [-0.05, 0) is 34.4 Å². The van der Waals surface area contributed by atoms with E-state index in [-0.39, 0.29) is 4.83 Å². The lowest BCUT2D eigenvalue weighted by molar-refractivity contribution is 0.134. The summed E-state index contributed by atoms with van der Waals surface area (Å²) in [5, 5.41) is 0. The standard InChI is InChI=1S/C16H12BrNO3/c17-15(9-1-2-11-7-20-8-12(11)5-9)10-3-4-13-14(6-10)21-16(19)18-13/h1-6,15H,7-8H2,(H,18,19). The Kier molecular flexibility index (Phi) is 2.97. The molecule has 0 saturated carbocycles. The highest BCUT2D eigenvalue weighted by molar-refractivity contribution is 9.09. The molecule has 3 aromatic rings. The van der Waals surface area contributed by atoms with Crippen LogP contribution in [0, 0.1) is 0 Å². The molecule has 1 aliphatic rings. The molecule has 1 unspecified atom stereocenters. The molecule has 2 heterocycles. The van der Waals surface area contributed by atoms with Gasteiger partial charge in [-0.1, -0.05) is 40.2 Å². The molecule has 0 bridgehead atoms. The highest BCUT2D eigenvalue weighted by Crippen LogP contribution is 2.34. The molecule has 0 aliphatic carbocycles. The van der Waals surface area contributed by atoms with Crippen molar-refractivity contribution in [2.75, 3.05) is 0 Å². The summed E-state index contributed by atoms with van der Waals surface area (Å²) in [6.07, 6.45) is 0. The molecule has 0 spiro atoms. The zero-order chi connectivity index (χ0) is 14.4. The number of H-pyrrole nitrogens is 1. The average molecular weight is 346 g/mol. The number of rotatable bonds is 2. The number of fused-ring (bicyclic) bond motifs is 2. The summed E-state index contributed by atoms with van der Waals surface area (Å²) in [5.74, 6) is -0.428. The molecular formula is C16H12BrNO3. The first kappa shape index (κ1) is 12.9. The lowest BCUT2D eigenvalue weighted by Gasteiger charge is -2.12. The quantitative estimate of drug-likeness (QED) is 0.721. The van der Waals surface area contributed by atoms with E-state index < -0.39 is 5.76 Å². The van der Waals surface area contributed by atoms with Crippen LogP contribution in [-0.4, -0.2) is 4.98 Å². The molecule has 2 aromatic carbocycles. The van der Waals surface area contributed by atoms with Gasteiger partial charge in [0.25, 0.3) is 0 Å². The molecule has 0 saturated heterocycles. The van der Waals surface area contributed by atoms with Crippen LogP contribution in [0.3, 0.4) is 0 Å². The molecule has 1 aromatic heterocycles. The van der Waals surface area contributed by atoms with Crippen LogP contribution >= 0.6 is 15.9 Å². The second-order valence-electron chi connectivity index (χ2n) is 5.15. The van der Waals surface area contributed by atoms with Crippen molar-refractivity contribution in [3.63, 3.8) is 0 Å². The maximum absolute atomic E-state index is 11.2. The van der Waals surface area contributed by atoms with E-state index in [9.17, 15) is 4.79 Å². The Labute approximate surface area is 128 Å². The smallest absolute Gasteiger partial charge is 0.408 e. The largest absolute Gasteiger partial charge is 0.417 e. The summed E-state index contributed by atoms with van der Waals surface area (Å²) in [6, 6.07) is 12.1. The number of nitrogens with one attached hydrogen (secondary N) is 1. The van der Waals surface area contributed by atoms with Crippen LogP contribution in [0.4, 0.5) is 0 Å². The van der Waals surface area contributed by atoms with E-state index >= 15 is 0 Å². The van der Waals surface area contributed by atoms with Gasteiger partial charge in [-0.15, -0.1) is 0 Å². The first-order valence-electron chi connectivity index (χ1n) is 6.67. The number of aromatic nitrogens is 1. The van der Waals surface area contributed by atoms with Crippen LogP contribution in [-0.2, 0) is 18.0 Å². The van der Waals surface area contributed by atoms with E-state index in [4.69, 9.17) is 9.15 Å². The Balaban J connectivity index is 1.75. The first-order valence-corrected chi connectivity index (χ1v) is 7.58. The number of hydrogen-bond acceptors (Lipinski definition) is 3. The monoisotopic (exact) mass is 345 g/mol. The molecule has 4 nitrogen and oxygen atoms in total. The van der Waals surface area contributed by atoms with Crippen molar-refractivity contribution >= 4 is 27.0 Å². The minimum absolute atomic E-state index is 0.0491. The van der Waals surface area contributed by atoms with Gasteiger partial charge in [0.05, 0.1) is 23.6 Å². The molecule has 0 fully saturated rings. The number of alkyl halides is 1. The van der Waals surface area contributed by atoms with Gasteiger partial charge in [-0.3, -0.25) is 4.98 Å². The van der Waals surface area contributed by atoms with E-state index in [1.54, 1.807) is 0 Å². The normalized spacial score (nSPS) is 15.3. The third-order valence-corrected chi connectivity index (χ3v) is 4.83. The Bertz CT molecular complexity index is 881. The van der Waals surface area contributed by atoms with Crippen LogP contribution in [0.2, 0.25) is 0 Å². The Morgan fingerprint density at radius 1 is 1.05 bits per heavy atom. The number of halogens is 1. The summed E-state index contributed by atoms with van der Waals surface area (Å²) < 4.78 is 10.6. The average Bonchev–Trinajstić information content (AvgIpc) is 3.09. The minimum Gasteiger partial charge on any atom is -0.408 e. The van der Waals surface area contributed by atoms with Gasteiger partial charge in [0.1, 0.15) is 0 Å². The predicted molar refractivity (Wildman–Crippen MR) is 82.5 cm³/mol. The van der Waals surface area contributed by atoms with Gasteiger partial charge < -0.3 is 9.15 Å². The van der Waals surface area contributed by atoms with E-state index in [0.29, 0.717) is 24.3 Å². The number of benzene rings is 2. The van der Waals surface area contributed by atoms with Gasteiger partial charge in [0.2, 0.25) is 0 Å². The van der Waals surface area contributed by atoms with Crippen LogP contribution in [0.5, 0.6) is 0 Å². The second-order valence-corrected chi connectivity index (χ2v) is 6.07. The van der Waals surface area contributed by atoms with Crippen molar-refractivity contribution in [2.24, 2.45) is 0 Å². The van der Waals surface area contributed by atoms with Crippen LogP contribution in [0.1, 0.15) is 27.1 Å².